The number of nitrogens with one attached hydrogen (secondary N) is 1. The summed E-state index contributed by atoms with van der Waals surface area (Å²) in [5.74, 6) is 0. The van der Waals surface area contributed by atoms with Crippen molar-refractivity contribution in [2.45, 2.75) is 32.0 Å². The van der Waals surface area contributed by atoms with E-state index in [1.54, 1.807) is 6.20 Å². The average molecular weight is 222 g/mol. The Bertz CT molecular complexity index is 357. The summed E-state index contributed by atoms with van der Waals surface area (Å²) in [4.78, 5) is 4.13. The smallest absolute Gasteiger partial charge is 0.0948 e. The van der Waals surface area contributed by atoms with Crippen molar-refractivity contribution in [3.63, 3.8) is 0 Å². The van der Waals surface area contributed by atoms with Crippen molar-refractivity contribution in [1.82, 2.24) is 10.3 Å². The molecule has 2 heterocycles. The van der Waals surface area contributed by atoms with Gasteiger partial charge in [-0.15, -0.1) is 0 Å². The minimum absolute atomic E-state index is 0.0228. The lowest BCUT2D eigenvalue weighted by Crippen LogP contribution is -2.40. The summed E-state index contributed by atoms with van der Waals surface area (Å²) in [6.45, 7) is 5.15. The molecule has 2 N–H and O–H groups in total. The molecule has 1 aliphatic heterocycles. The number of aryl methyl sites for hydroxylation is 1. The molecule has 0 saturated carbocycles. The first-order valence-electron chi connectivity index (χ1n) is 5.61. The molecule has 3 unspecified atom stereocenters. The summed E-state index contributed by atoms with van der Waals surface area (Å²) < 4.78 is 5.21. The van der Waals surface area contributed by atoms with Crippen LogP contribution in [-0.4, -0.2) is 35.5 Å². The van der Waals surface area contributed by atoms with Gasteiger partial charge in [-0.1, -0.05) is 0 Å². The van der Waals surface area contributed by atoms with E-state index in [9.17, 15) is 5.11 Å². The van der Waals surface area contributed by atoms with Crippen LogP contribution in [0.25, 0.3) is 0 Å². The van der Waals surface area contributed by atoms with E-state index >= 15 is 0 Å². The Morgan fingerprint density at radius 2 is 2.38 bits per heavy atom. The SMILES string of the molecule is Cc1ccncc1C(C)NC1COCC1O. The molecule has 1 aromatic rings. The molecule has 0 spiro atoms. The molecular weight excluding hydrogens is 204 g/mol. The molecular formula is C12H18N2O2. The van der Waals surface area contributed by atoms with Gasteiger partial charge in [0.1, 0.15) is 0 Å². The van der Waals surface area contributed by atoms with Crippen LogP contribution < -0.4 is 5.32 Å². The van der Waals surface area contributed by atoms with Crippen LogP contribution in [0.4, 0.5) is 0 Å². The van der Waals surface area contributed by atoms with Crippen LogP contribution in [0.5, 0.6) is 0 Å². The van der Waals surface area contributed by atoms with Crippen LogP contribution >= 0.6 is 0 Å². The Morgan fingerprint density at radius 1 is 1.56 bits per heavy atom. The Balaban J connectivity index is 2.03. The third-order valence-corrected chi connectivity index (χ3v) is 3.06. The van der Waals surface area contributed by atoms with Gasteiger partial charge in [-0.05, 0) is 31.0 Å². The minimum atomic E-state index is -0.403. The molecule has 0 aromatic carbocycles. The topological polar surface area (TPSA) is 54.4 Å². The quantitative estimate of drug-likeness (QED) is 0.794. The van der Waals surface area contributed by atoms with Crippen molar-refractivity contribution >= 4 is 0 Å². The van der Waals surface area contributed by atoms with Gasteiger partial charge in [0.15, 0.2) is 0 Å². The minimum Gasteiger partial charge on any atom is -0.389 e. The monoisotopic (exact) mass is 222 g/mol. The number of ether oxygens (including phenoxy) is 1. The van der Waals surface area contributed by atoms with Crippen LogP contribution in [0.3, 0.4) is 0 Å². The second-order valence-corrected chi connectivity index (χ2v) is 4.33. The predicted molar refractivity (Wildman–Crippen MR) is 61.1 cm³/mol. The van der Waals surface area contributed by atoms with E-state index in [1.165, 1.54) is 11.1 Å². The van der Waals surface area contributed by atoms with E-state index in [2.05, 4.69) is 24.1 Å². The van der Waals surface area contributed by atoms with Gasteiger partial charge in [-0.2, -0.15) is 0 Å². The molecule has 0 radical (unpaired) electrons. The highest BCUT2D eigenvalue weighted by molar-refractivity contribution is 5.24. The molecule has 4 nitrogen and oxygen atoms in total. The van der Waals surface area contributed by atoms with Gasteiger partial charge in [0.05, 0.1) is 25.4 Å². The van der Waals surface area contributed by atoms with Crippen LogP contribution in [0.2, 0.25) is 0 Å². The van der Waals surface area contributed by atoms with E-state index in [1.807, 2.05) is 12.3 Å². The fraction of sp³-hybridized carbons (Fsp3) is 0.583. The van der Waals surface area contributed by atoms with Crippen LogP contribution in [-0.2, 0) is 4.74 Å². The maximum atomic E-state index is 9.65. The van der Waals surface area contributed by atoms with Crippen molar-refractivity contribution < 1.29 is 9.84 Å². The second kappa shape index (κ2) is 4.91. The number of rotatable bonds is 3. The van der Waals surface area contributed by atoms with Crippen molar-refractivity contribution in [3.8, 4) is 0 Å². The molecule has 88 valence electrons. The molecule has 16 heavy (non-hydrogen) atoms. The van der Waals surface area contributed by atoms with Gasteiger partial charge in [0.25, 0.3) is 0 Å². The highest BCUT2D eigenvalue weighted by Crippen LogP contribution is 2.18. The number of hydrogen-bond acceptors (Lipinski definition) is 4. The van der Waals surface area contributed by atoms with Gasteiger partial charge >= 0.3 is 0 Å². The van der Waals surface area contributed by atoms with Gasteiger partial charge in [0, 0.05) is 18.4 Å². The van der Waals surface area contributed by atoms with E-state index in [0.717, 1.165) is 0 Å². The molecule has 1 aromatic heterocycles. The second-order valence-electron chi connectivity index (χ2n) is 4.33. The van der Waals surface area contributed by atoms with Crippen LogP contribution in [0.15, 0.2) is 18.5 Å². The van der Waals surface area contributed by atoms with E-state index in [4.69, 9.17) is 4.74 Å². The summed E-state index contributed by atoms with van der Waals surface area (Å²) >= 11 is 0. The molecule has 0 bridgehead atoms. The molecule has 1 aliphatic rings. The lowest BCUT2D eigenvalue weighted by atomic mass is 10.0. The molecule has 1 saturated heterocycles. The number of hydrogen-bond donors (Lipinski definition) is 2. The van der Waals surface area contributed by atoms with Gasteiger partial charge in [-0.25, -0.2) is 0 Å². The molecule has 3 atom stereocenters. The normalized spacial score (nSPS) is 26.9. The van der Waals surface area contributed by atoms with Gasteiger partial charge in [0.2, 0.25) is 0 Å². The van der Waals surface area contributed by atoms with Crippen LogP contribution in [0, 0.1) is 6.92 Å². The summed E-state index contributed by atoms with van der Waals surface area (Å²) in [5, 5.41) is 13.0. The fourth-order valence-electron chi connectivity index (χ4n) is 2.04. The molecule has 0 amide bonds. The highest BCUT2D eigenvalue weighted by atomic mass is 16.5. The number of aromatic nitrogens is 1. The maximum Gasteiger partial charge on any atom is 0.0948 e. The zero-order valence-electron chi connectivity index (χ0n) is 9.68. The number of aliphatic hydroxyl groups is 1. The Morgan fingerprint density at radius 3 is 3.00 bits per heavy atom. The summed E-state index contributed by atoms with van der Waals surface area (Å²) in [6.07, 6.45) is 3.26. The maximum absolute atomic E-state index is 9.65. The first kappa shape index (κ1) is 11.5. The van der Waals surface area contributed by atoms with Crippen molar-refractivity contribution in [2.75, 3.05) is 13.2 Å². The van der Waals surface area contributed by atoms with Crippen LogP contribution in [0.1, 0.15) is 24.1 Å². The van der Waals surface area contributed by atoms with Crippen molar-refractivity contribution in [1.29, 1.82) is 0 Å². The summed E-state index contributed by atoms with van der Waals surface area (Å²) in [5.41, 5.74) is 2.38. The van der Waals surface area contributed by atoms with E-state index < -0.39 is 6.10 Å². The molecule has 2 rings (SSSR count). The molecule has 4 heteroatoms. The third kappa shape index (κ3) is 2.40. The first-order valence-corrected chi connectivity index (χ1v) is 5.61. The zero-order valence-corrected chi connectivity index (χ0v) is 9.68. The Labute approximate surface area is 95.7 Å². The van der Waals surface area contributed by atoms with Gasteiger partial charge in [-0.3, -0.25) is 4.98 Å². The van der Waals surface area contributed by atoms with Crippen molar-refractivity contribution in [2.24, 2.45) is 0 Å². The Kier molecular flexibility index (Phi) is 3.53. The lowest BCUT2D eigenvalue weighted by Gasteiger charge is -2.21. The first-order chi connectivity index (χ1) is 7.68. The standard InChI is InChI=1S/C12H18N2O2/c1-8-3-4-13-5-10(8)9(2)14-11-6-16-7-12(11)15/h3-5,9,11-12,14-15H,6-7H2,1-2H3. The average Bonchev–Trinajstić information content (AvgIpc) is 2.65. The number of nitrogens with zero attached hydrogens (tertiary/aromatic N) is 1. The molecule has 1 fully saturated rings. The van der Waals surface area contributed by atoms with Crippen molar-refractivity contribution in [3.05, 3.63) is 29.6 Å². The third-order valence-electron chi connectivity index (χ3n) is 3.06. The lowest BCUT2D eigenvalue weighted by molar-refractivity contribution is 0.121. The highest BCUT2D eigenvalue weighted by Gasteiger charge is 2.27. The van der Waals surface area contributed by atoms with E-state index in [0.29, 0.717) is 13.2 Å². The zero-order chi connectivity index (χ0) is 11.5. The summed E-state index contributed by atoms with van der Waals surface area (Å²) in [6, 6.07) is 2.19. The summed E-state index contributed by atoms with van der Waals surface area (Å²) in [7, 11) is 0. The predicted octanol–water partition coefficient (Wildman–Crippen LogP) is 0.800. The molecule has 0 aliphatic carbocycles. The Hall–Kier alpha value is -0.970. The van der Waals surface area contributed by atoms with Gasteiger partial charge < -0.3 is 15.2 Å². The number of aliphatic hydroxyl groups excluding tert-OH is 1. The fourth-order valence-corrected chi connectivity index (χ4v) is 2.04. The van der Waals surface area contributed by atoms with E-state index in [-0.39, 0.29) is 12.1 Å². The largest absolute Gasteiger partial charge is 0.389 e. The number of pyridine rings is 1.